The monoisotopic (exact) mass is 348 g/mol. The Morgan fingerprint density at radius 2 is 2.30 bits per heavy atom. The highest BCUT2D eigenvalue weighted by atomic mass is 79.9. The lowest BCUT2D eigenvalue weighted by atomic mass is 10.0. The Bertz CT molecular complexity index is 445. The molecule has 20 heavy (non-hydrogen) atoms. The van der Waals surface area contributed by atoms with E-state index < -0.39 is 6.61 Å². The van der Waals surface area contributed by atoms with Crippen LogP contribution >= 0.6 is 15.9 Å². The molecule has 1 N–H and O–H groups in total. The van der Waals surface area contributed by atoms with E-state index in [1.165, 1.54) is 0 Å². The Morgan fingerprint density at radius 1 is 1.50 bits per heavy atom. The zero-order valence-corrected chi connectivity index (χ0v) is 13.0. The second-order valence-corrected chi connectivity index (χ2v) is 5.82. The van der Waals surface area contributed by atoms with Crippen molar-refractivity contribution < 1.29 is 13.5 Å². The maximum Gasteiger partial charge on any atom is 0.387 e. The fraction of sp³-hybridized carbons (Fsp3) is 0.571. The summed E-state index contributed by atoms with van der Waals surface area (Å²) in [6.07, 6.45) is 2.27. The topological polar surface area (TPSA) is 24.5 Å². The van der Waals surface area contributed by atoms with E-state index in [1.54, 1.807) is 6.07 Å². The fourth-order valence-corrected chi connectivity index (χ4v) is 3.08. The Labute approximate surface area is 126 Å². The number of alkyl halides is 2. The number of halogens is 3. The molecule has 0 aromatic heterocycles. The molecule has 0 amide bonds. The van der Waals surface area contributed by atoms with Crippen molar-refractivity contribution in [1.29, 1.82) is 0 Å². The first-order valence-corrected chi connectivity index (χ1v) is 7.51. The number of hydrogen-bond donors (Lipinski definition) is 1. The number of nitrogens with one attached hydrogen (secondary N) is 1. The first kappa shape index (κ1) is 15.7. The van der Waals surface area contributed by atoms with Crippen LogP contribution in [0.25, 0.3) is 0 Å². The van der Waals surface area contributed by atoms with Crippen molar-refractivity contribution in [1.82, 2.24) is 10.2 Å². The van der Waals surface area contributed by atoms with Crippen molar-refractivity contribution in [3.05, 3.63) is 28.2 Å². The van der Waals surface area contributed by atoms with E-state index in [9.17, 15) is 8.78 Å². The van der Waals surface area contributed by atoms with Gasteiger partial charge in [-0.3, -0.25) is 4.90 Å². The number of hydrogen-bond acceptors (Lipinski definition) is 3. The standard InChI is InChI=1S/C14H19BrF2N2O/c1-18-11-5-3-7-19(9-11)8-10-4-2-6-12(15)13(10)20-14(16)17/h2,4,6,11,14,18H,3,5,7-9H2,1H3. The second kappa shape index (κ2) is 7.33. The van der Waals surface area contributed by atoms with E-state index in [4.69, 9.17) is 0 Å². The molecule has 1 aliphatic rings. The molecule has 1 heterocycles. The minimum atomic E-state index is -2.81. The summed E-state index contributed by atoms with van der Waals surface area (Å²) >= 11 is 3.28. The number of nitrogens with zero attached hydrogens (tertiary/aromatic N) is 1. The predicted octanol–water partition coefficient (Wildman–Crippen LogP) is 3.23. The van der Waals surface area contributed by atoms with E-state index >= 15 is 0 Å². The number of rotatable bonds is 5. The minimum Gasteiger partial charge on any atom is -0.433 e. The molecule has 0 radical (unpaired) electrons. The number of likely N-dealkylation sites (tertiary alicyclic amines) is 1. The molecule has 0 aliphatic carbocycles. The molecule has 1 aromatic carbocycles. The van der Waals surface area contributed by atoms with E-state index in [1.807, 2.05) is 19.2 Å². The molecule has 6 heteroatoms. The maximum absolute atomic E-state index is 12.5. The summed E-state index contributed by atoms with van der Waals surface area (Å²) in [6, 6.07) is 5.87. The first-order chi connectivity index (χ1) is 9.60. The van der Waals surface area contributed by atoms with E-state index in [0.717, 1.165) is 31.5 Å². The van der Waals surface area contributed by atoms with Crippen molar-refractivity contribution >= 4 is 15.9 Å². The average molecular weight is 349 g/mol. The van der Waals surface area contributed by atoms with Crippen molar-refractivity contribution in [3.63, 3.8) is 0 Å². The minimum absolute atomic E-state index is 0.245. The van der Waals surface area contributed by atoms with Gasteiger partial charge in [0.1, 0.15) is 5.75 Å². The van der Waals surface area contributed by atoms with E-state index in [0.29, 0.717) is 17.1 Å². The van der Waals surface area contributed by atoms with Crippen LogP contribution in [0.4, 0.5) is 8.78 Å². The summed E-state index contributed by atoms with van der Waals surface area (Å²) in [5.74, 6) is 0.245. The lowest BCUT2D eigenvalue weighted by Gasteiger charge is -2.32. The van der Waals surface area contributed by atoms with Gasteiger partial charge in [0.05, 0.1) is 4.47 Å². The molecule has 112 valence electrons. The van der Waals surface area contributed by atoms with Crippen molar-refractivity contribution in [2.45, 2.75) is 32.0 Å². The summed E-state index contributed by atoms with van der Waals surface area (Å²) in [6.45, 7) is -0.269. The highest BCUT2D eigenvalue weighted by Gasteiger charge is 2.21. The molecule has 1 aromatic rings. The van der Waals surface area contributed by atoms with Crippen LogP contribution < -0.4 is 10.1 Å². The zero-order valence-electron chi connectivity index (χ0n) is 11.4. The maximum atomic E-state index is 12.5. The quantitative estimate of drug-likeness (QED) is 0.883. The molecule has 1 aliphatic heterocycles. The van der Waals surface area contributed by atoms with Crippen LogP contribution in [0.5, 0.6) is 5.75 Å². The summed E-state index contributed by atoms with van der Waals surface area (Å²) < 4.78 is 30.2. The molecule has 1 fully saturated rings. The van der Waals surface area contributed by atoms with Crippen LogP contribution in [0.2, 0.25) is 0 Å². The number of piperidine rings is 1. The molecule has 0 saturated carbocycles. The number of para-hydroxylation sites is 1. The average Bonchev–Trinajstić information content (AvgIpc) is 2.42. The van der Waals surface area contributed by atoms with Crippen LogP contribution in [-0.2, 0) is 6.54 Å². The van der Waals surface area contributed by atoms with Gasteiger partial charge in [0.25, 0.3) is 0 Å². The highest BCUT2D eigenvalue weighted by molar-refractivity contribution is 9.10. The second-order valence-electron chi connectivity index (χ2n) is 4.97. The first-order valence-electron chi connectivity index (χ1n) is 6.72. The smallest absolute Gasteiger partial charge is 0.387 e. The zero-order chi connectivity index (χ0) is 14.5. The Hall–Kier alpha value is -0.720. The molecule has 1 unspecified atom stereocenters. The van der Waals surface area contributed by atoms with Gasteiger partial charge in [0.2, 0.25) is 0 Å². The van der Waals surface area contributed by atoms with Crippen molar-refractivity contribution in [3.8, 4) is 5.75 Å². The van der Waals surface area contributed by atoms with Gasteiger partial charge >= 0.3 is 6.61 Å². The number of benzene rings is 1. The normalized spacial score (nSPS) is 20.4. The van der Waals surface area contributed by atoms with Crippen molar-refractivity contribution in [2.75, 3.05) is 20.1 Å². The summed E-state index contributed by atoms with van der Waals surface area (Å²) in [5.41, 5.74) is 0.788. The molecule has 1 atom stereocenters. The molecule has 3 nitrogen and oxygen atoms in total. The van der Waals surface area contributed by atoms with Crippen LogP contribution in [-0.4, -0.2) is 37.7 Å². The largest absolute Gasteiger partial charge is 0.433 e. The Morgan fingerprint density at radius 3 is 3.00 bits per heavy atom. The molecular weight excluding hydrogens is 330 g/mol. The molecule has 0 bridgehead atoms. The third-order valence-electron chi connectivity index (χ3n) is 3.56. The van der Waals surface area contributed by atoms with Gasteiger partial charge in [-0.05, 0) is 48.4 Å². The number of ether oxygens (including phenoxy) is 1. The lowest BCUT2D eigenvalue weighted by molar-refractivity contribution is -0.0513. The molecule has 1 saturated heterocycles. The lowest BCUT2D eigenvalue weighted by Crippen LogP contribution is -2.43. The van der Waals surface area contributed by atoms with Gasteiger partial charge in [0.15, 0.2) is 0 Å². The fourth-order valence-electron chi connectivity index (χ4n) is 2.57. The van der Waals surface area contributed by atoms with E-state index in [2.05, 4.69) is 30.9 Å². The van der Waals surface area contributed by atoms with Crippen LogP contribution in [0.15, 0.2) is 22.7 Å². The summed E-state index contributed by atoms with van der Waals surface area (Å²) in [5, 5.41) is 3.28. The molecule has 2 rings (SSSR count). The Balaban J connectivity index is 2.10. The third kappa shape index (κ3) is 4.14. The van der Waals surface area contributed by atoms with Crippen LogP contribution in [0.1, 0.15) is 18.4 Å². The third-order valence-corrected chi connectivity index (χ3v) is 4.19. The SMILES string of the molecule is CNC1CCCN(Cc2cccc(Br)c2OC(F)F)C1. The van der Waals surface area contributed by atoms with Gasteiger partial charge in [0, 0.05) is 24.7 Å². The van der Waals surface area contributed by atoms with Gasteiger partial charge in [-0.2, -0.15) is 8.78 Å². The van der Waals surface area contributed by atoms with Crippen molar-refractivity contribution in [2.24, 2.45) is 0 Å². The van der Waals surface area contributed by atoms with Gasteiger partial charge in [-0.1, -0.05) is 12.1 Å². The summed E-state index contributed by atoms with van der Waals surface area (Å²) in [4.78, 5) is 2.27. The number of likely N-dealkylation sites (N-methyl/N-ethyl adjacent to an activating group) is 1. The molecule has 0 spiro atoms. The Kier molecular flexibility index (Phi) is 5.74. The van der Waals surface area contributed by atoms with Crippen LogP contribution in [0.3, 0.4) is 0 Å². The van der Waals surface area contributed by atoms with E-state index in [-0.39, 0.29) is 5.75 Å². The summed E-state index contributed by atoms with van der Waals surface area (Å²) in [7, 11) is 1.96. The van der Waals surface area contributed by atoms with Gasteiger partial charge in [-0.25, -0.2) is 0 Å². The van der Waals surface area contributed by atoms with Gasteiger partial charge < -0.3 is 10.1 Å². The molecular formula is C14H19BrF2N2O. The predicted molar refractivity (Wildman–Crippen MR) is 78.1 cm³/mol. The van der Waals surface area contributed by atoms with Crippen LogP contribution in [0, 0.1) is 0 Å². The highest BCUT2D eigenvalue weighted by Crippen LogP contribution is 2.31. The van der Waals surface area contributed by atoms with Gasteiger partial charge in [-0.15, -0.1) is 0 Å².